The number of nitriles is 1. The topological polar surface area (TPSA) is 72.2 Å². The monoisotopic (exact) mass is 338 g/mol. The van der Waals surface area contributed by atoms with Gasteiger partial charge in [0.2, 0.25) is 0 Å². The summed E-state index contributed by atoms with van der Waals surface area (Å²) in [5, 5.41) is 9.78. The third-order valence-corrected chi connectivity index (χ3v) is 4.49. The van der Waals surface area contributed by atoms with E-state index in [1.165, 1.54) is 13.2 Å². The van der Waals surface area contributed by atoms with Gasteiger partial charge in [0.15, 0.2) is 11.5 Å². The molecule has 0 fully saturated rings. The molecule has 6 heteroatoms. The van der Waals surface area contributed by atoms with Crippen LogP contribution in [0.5, 0.6) is 11.5 Å². The third-order valence-electron chi connectivity index (χ3n) is 3.40. The van der Waals surface area contributed by atoms with Gasteiger partial charge in [-0.3, -0.25) is 4.79 Å². The zero-order valence-corrected chi connectivity index (χ0v) is 13.8. The summed E-state index contributed by atoms with van der Waals surface area (Å²) in [5.41, 5.74) is 1.39. The van der Waals surface area contributed by atoms with Gasteiger partial charge >= 0.3 is 5.97 Å². The molecule has 0 unspecified atom stereocenters. The lowest BCUT2D eigenvalue weighted by Crippen LogP contribution is -2.09. The summed E-state index contributed by atoms with van der Waals surface area (Å²) in [4.78, 5) is 16.6. The zero-order valence-electron chi connectivity index (χ0n) is 13.0. The van der Waals surface area contributed by atoms with Gasteiger partial charge in [-0.05, 0) is 24.3 Å². The van der Waals surface area contributed by atoms with Crippen molar-refractivity contribution in [3.8, 4) is 17.6 Å². The molecule has 5 nitrogen and oxygen atoms in total. The minimum absolute atomic E-state index is 0.225. The number of hydrogen-bond acceptors (Lipinski definition) is 6. The van der Waals surface area contributed by atoms with Crippen LogP contribution in [0, 0.1) is 11.3 Å². The number of hydrogen-bond donors (Lipinski definition) is 0. The van der Waals surface area contributed by atoms with Crippen LogP contribution in [-0.2, 0) is 11.2 Å². The molecule has 24 heavy (non-hydrogen) atoms. The maximum atomic E-state index is 12.1. The van der Waals surface area contributed by atoms with E-state index in [4.69, 9.17) is 14.7 Å². The Labute approximate surface area is 143 Å². The van der Waals surface area contributed by atoms with Crippen molar-refractivity contribution >= 4 is 27.5 Å². The summed E-state index contributed by atoms with van der Waals surface area (Å²) in [6.45, 7) is 0. The van der Waals surface area contributed by atoms with Crippen LogP contribution in [0.4, 0.5) is 0 Å². The van der Waals surface area contributed by atoms with Crippen molar-refractivity contribution in [3.05, 3.63) is 53.0 Å². The number of para-hydroxylation sites is 1. The molecule has 120 valence electrons. The van der Waals surface area contributed by atoms with E-state index in [-0.39, 0.29) is 12.4 Å². The van der Waals surface area contributed by atoms with Crippen LogP contribution in [0.15, 0.2) is 42.5 Å². The summed E-state index contributed by atoms with van der Waals surface area (Å²) in [6, 6.07) is 14.6. The van der Waals surface area contributed by atoms with Crippen LogP contribution in [0.3, 0.4) is 0 Å². The number of methoxy groups -OCH3 is 1. The summed E-state index contributed by atoms with van der Waals surface area (Å²) >= 11 is 1.58. The van der Waals surface area contributed by atoms with E-state index in [9.17, 15) is 4.79 Å². The van der Waals surface area contributed by atoms with Crippen LogP contribution in [0.2, 0.25) is 0 Å². The minimum Gasteiger partial charge on any atom is -0.493 e. The van der Waals surface area contributed by atoms with Crippen molar-refractivity contribution in [3.63, 3.8) is 0 Å². The molecule has 0 saturated heterocycles. The quantitative estimate of drug-likeness (QED) is 0.524. The predicted molar refractivity (Wildman–Crippen MR) is 91.3 cm³/mol. The number of ether oxygens (including phenoxy) is 2. The van der Waals surface area contributed by atoms with Gasteiger partial charge < -0.3 is 9.47 Å². The Morgan fingerprint density at radius 3 is 2.83 bits per heavy atom. The van der Waals surface area contributed by atoms with Crippen molar-refractivity contribution < 1.29 is 14.3 Å². The fraction of sp³-hybridized carbons (Fsp3) is 0.167. The predicted octanol–water partition coefficient (Wildman–Crippen LogP) is 3.71. The lowest BCUT2D eigenvalue weighted by atomic mass is 10.2. The van der Waals surface area contributed by atoms with Crippen molar-refractivity contribution in [2.24, 2.45) is 0 Å². The molecule has 0 aliphatic rings. The first kappa shape index (κ1) is 16.0. The van der Waals surface area contributed by atoms with Gasteiger partial charge in [-0.1, -0.05) is 12.1 Å². The van der Waals surface area contributed by atoms with E-state index in [1.807, 2.05) is 30.3 Å². The highest BCUT2D eigenvalue weighted by molar-refractivity contribution is 7.18. The minimum atomic E-state index is -0.364. The molecule has 0 spiro atoms. The largest absolute Gasteiger partial charge is 0.493 e. The maximum Gasteiger partial charge on any atom is 0.311 e. The zero-order chi connectivity index (χ0) is 16.9. The number of rotatable bonds is 5. The highest BCUT2D eigenvalue weighted by Gasteiger charge is 2.12. The average Bonchev–Trinajstić information content (AvgIpc) is 3.03. The Balaban J connectivity index is 1.64. The second-order valence-electron chi connectivity index (χ2n) is 5.03. The SMILES string of the molecule is COc1cc(C#N)ccc1OC(=O)CCc1nc2ccccc2s1. The normalized spacial score (nSPS) is 10.3. The van der Waals surface area contributed by atoms with Gasteiger partial charge in [-0.15, -0.1) is 11.3 Å². The van der Waals surface area contributed by atoms with Crippen LogP contribution in [0.25, 0.3) is 10.2 Å². The van der Waals surface area contributed by atoms with E-state index in [2.05, 4.69) is 4.98 Å². The molecule has 3 rings (SSSR count). The first-order valence-electron chi connectivity index (χ1n) is 7.33. The van der Waals surface area contributed by atoms with E-state index >= 15 is 0 Å². The van der Waals surface area contributed by atoms with Gasteiger partial charge in [0, 0.05) is 12.5 Å². The number of aromatic nitrogens is 1. The second kappa shape index (κ2) is 7.11. The molecule has 0 amide bonds. The lowest BCUT2D eigenvalue weighted by molar-refractivity contribution is -0.134. The second-order valence-corrected chi connectivity index (χ2v) is 6.14. The molecule has 0 saturated carbocycles. The molecule has 0 N–H and O–H groups in total. The molecule has 1 aromatic heterocycles. The summed E-state index contributed by atoms with van der Waals surface area (Å²) in [5.74, 6) is 0.311. The van der Waals surface area contributed by atoms with Gasteiger partial charge in [-0.25, -0.2) is 4.98 Å². The Hall–Kier alpha value is -2.91. The Morgan fingerprint density at radius 2 is 2.08 bits per heavy atom. The number of aryl methyl sites for hydroxylation is 1. The van der Waals surface area contributed by atoms with Crippen molar-refractivity contribution in [2.75, 3.05) is 7.11 Å². The molecule has 0 atom stereocenters. The summed E-state index contributed by atoms with van der Waals surface area (Å²) < 4.78 is 11.6. The highest BCUT2D eigenvalue weighted by Crippen LogP contribution is 2.28. The first-order chi connectivity index (χ1) is 11.7. The standard InChI is InChI=1S/C18H14N2O3S/c1-22-15-10-12(11-19)6-7-14(15)23-18(21)9-8-17-20-13-4-2-3-5-16(13)24-17/h2-7,10H,8-9H2,1H3. The molecule has 3 aromatic rings. The van der Waals surface area contributed by atoms with Crippen LogP contribution < -0.4 is 9.47 Å². The highest BCUT2D eigenvalue weighted by atomic mass is 32.1. The van der Waals surface area contributed by atoms with E-state index in [0.717, 1.165) is 15.2 Å². The molecule has 0 aliphatic heterocycles. The number of fused-ring (bicyclic) bond motifs is 1. The molecule has 0 bridgehead atoms. The van der Waals surface area contributed by atoms with E-state index < -0.39 is 0 Å². The van der Waals surface area contributed by atoms with Gasteiger partial charge in [0.25, 0.3) is 0 Å². The Bertz CT molecular complexity index is 894. The third kappa shape index (κ3) is 3.53. The van der Waals surface area contributed by atoms with Crippen LogP contribution >= 0.6 is 11.3 Å². The Morgan fingerprint density at radius 1 is 1.25 bits per heavy atom. The first-order valence-corrected chi connectivity index (χ1v) is 8.14. The van der Waals surface area contributed by atoms with Crippen molar-refractivity contribution in [1.29, 1.82) is 5.26 Å². The average molecular weight is 338 g/mol. The van der Waals surface area contributed by atoms with Crippen LogP contribution in [0.1, 0.15) is 17.0 Å². The van der Waals surface area contributed by atoms with E-state index in [1.54, 1.807) is 23.5 Å². The van der Waals surface area contributed by atoms with Gasteiger partial charge in [0.1, 0.15) is 0 Å². The van der Waals surface area contributed by atoms with Gasteiger partial charge in [-0.2, -0.15) is 5.26 Å². The molecule has 0 radical (unpaired) electrons. The molecular weight excluding hydrogens is 324 g/mol. The van der Waals surface area contributed by atoms with Gasteiger partial charge in [0.05, 0.1) is 40.4 Å². The molecule has 1 heterocycles. The number of thiazole rings is 1. The fourth-order valence-corrected chi connectivity index (χ4v) is 3.20. The van der Waals surface area contributed by atoms with Crippen molar-refractivity contribution in [1.82, 2.24) is 4.98 Å². The van der Waals surface area contributed by atoms with Crippen molar-refractivity contribution in [2.45, 2.75) is 12.8 Å². The Kier molecular flexibility index (Phi) is 4.73. The molecular formula is C18H14N2O3S. The fourth-order valence-electron chi connectivity index (χ4n) is 2.23. The number of carbonyl (C=O) groups excluding carboxylic acids is 1. The summed E-state index contributed by atoms with van der Waals surface area (Å²) in [6.07, 6.45) is 0.750. The van der Waals surface area contributed by atoms with E-state index in [0.29, 0.717) is 23.5 Å². The maximum absolute atomic E-state index is 12.1. The molecule has 2 aromatic carbocycles. The summed E-state index contributed by atoms with van der Waals surface area (Å²) in [7, 11) is 1.47. The number of esters is 1. The number of benzene rings is 2. The number of nitrogens with zero attached hydrogens (tertiary/aromatic N) is 2. The lowest BCUT2D eigenvalue weighted by Gasteiger charge is -2.08. The smallest absolute Gasteiger partial charge is 0.311 e. The molecule has 0 aliphatic carbocycles. The van der Waals surface area contributed by atoms with Crippen LogP contribution in [-0.4, -0.2) is 18.1 Å². The number of carbonyl (C=O) groups is 1.